The second-order valence-corrected chi connectivity index (χ2v) is 2.39. The zero-order valence-electron chi connectivity index (χ0n) is 6.75. The van der Waals surface area contributed by atoms with Crippen molar-refractivity contribution in [2.75, 3.05) is 0 Å². The maximum absolute atomic E-state index is 12.2. The minimum absolute atomic E-state index is 0.0866. The van der Waals surface area contributed by atoms with Crippen molar-refractivity contribution in [1.82, 2.24) is 4.98 Å². The number of hydrogen-bond acceptors (Lipinski definition) is 3. The van der Waals surface area contributed by atoms with Gasteiger partial charge in [-0.2, -0.15) is 5.26 Å². The van der Waals surface area contributed by atoms with Crippen LogP contribution in [0, 0.1) is 11.3 Å². The molecule has 4 nitrogen and oxygen atoms in total. The lowest BCUT2D eigenvalue weighted by atomic mass is 10.1. The highest BCUT2D eigenvalue weighted by molar-refractivity contribution is 5.78. The molecular formula is C8H4F2N2O2. The first-order chi connectivity index (χ1) is 6.61. The van der Waals surface area contributed by atoms with Crippen LogP contribution >= 0.6 is 0 Å². The summed E-state index contributed by atoms with van der Waals surface area (Å²) in [5.41, 5.74) is -2.80. The van der Waals surface area contributed by atoms with E-state index in [0.717, 1.165) is 6.20 Å². The van der Waals surface area contributed by atoms with Gasteiger partial charge in [0, 0.05) is 6.20 Å². The van der Waals surface area contributed by atoms with E-state index >= 15 is 0 Å². The first kappa shape index (κ1) is 10.1. The average molecular weight is 198 g/mol. The van der Waals surface area contributed by atoms with Gasteiger partial charge in [-0.3, -0.25) is 9.59 Å². The van der Waals surface area contributed by atoms with E-state index in [1.807, 2.05) is 0 Å². The molecule has 0 unspecified atom stereocenters. The molecule has 0 saturated heterocycles. The van der Waals surface area contributed by atoms with Crippen molar-refractivity contribution in [2.45, 2.75) is 6.43 Å². The van der Waals surface area contributed by atoms with Crippen LogP contribution in [0.1, 0.15) is 28.0 Å². The molecule has 0 fully saturated rings. The number of carbonyl (C=O) groups is 1. The molecule has 0 aromatic carbocycles. The molecule has 0 atom stereocenters. The highest BCUT2D eigenvalue weighted by Gasteiger charge is 2.17. The van der Waals surface area contributed by atoms with Crippen LogP contribution in [0.4, 0.5) is 8.78 Å². The van der Waals surface area contributed by atoms with E-state index in [-0.39, 0.29) is 12.0 Å². The van der Waals surface area contributed by atoms with Crippen molar-refractivity contribution in [3.05, 3.63) is 33.2 Å². The van der Waals surface area contributed by atoms with Gasteiger partial charge in [-0.25, -0.2) is 8.78 Å². The highest BCUT2D eigenvalue weighted by atomic mass is 19.3. The fourth-order valence-electron chi connectivity index (χ4n) is 0.929. The summed E-state index contributed by atoms with van der Waals surface area (Å²) in [6.07, 6.45) is -2.15. The third kappa shape index (κ3) is 1.52. The Kier molecular flexibility index (Phi) is 2.72. The lowest BCUT2D eigenvalue weighted by molar-refractivity contribution is 0.112. The Hall–Kier alpha value is -2.03. The number of nitrogens with zero attached hydrogens (tertiary/aromatic N) is 1. The summed E-state index contributed by atoms with van der Waals surface area (Å²) in [5, 5.41) is 8.44. The Labute approximate surface area is 76.8 Å². The number of pyridine rings is 1. The molecule has 0 bridgehead atoms. The van der Waals surface area contributed by atoms with E-state index in [0.29, 0.717) is 0 Å². The Balaban J connectivity index is 3.53. The lowest BCUT2D eigenvalue weighted by Gasteiger charge is -2.00. The number of nitriles is 1. The van der Waals surface area contributed by atoms with E-state index < -0.39 is 23.0 Å². The summed E-state index contributed by atoms with van der Waals surface area (Å²) < 4.78 is 24.3. The van der Waals surface area contributed by atoms with E-state index in [2.05, 4.69) is 4.98 Å². The molecule has 0 saturated carbocycles. The molecule has 0 radical (unpaired) electrons. The van der Waals surface area contributed by atoms with Crippen molar-refractivity contribution in [3.8, 4) is 6.07 Å². The molecule has 0 amide bonds. The summed E-state index contributed by atoms with van der Waals surface area (Å²) in [6, 6.07) is 1.52. The molecular weight excluding hydrogens is 194 g/mol. The number of rotatable bonds is 2. The van der Waals surface area contributed by atoms with Crippen LogP contribution in [0.3, 0.4) is 0 Å². The number of carbonyl (C=O) groups excluding carboxylic acids is 1. The quantitative estimate of drug-likeness (QED) is 0.720. The van der Waals surface area contributed by atoms with Crippen LogP contribution < -0.4 is 5.43 Å². The molecule has 1 rings (SSSR count). The number of alkyl halides is 2. The largest absolute Gasteiger partial charge is 0.352 e. The van der Waals surface area contributed by atoms with Gasteiger partial charge in [0.25, 0.3) is 6.43 Å². The normalized spacial score (nSPS) is 9.86. The molecule has 72 valence electrons. The first-order valence-corrected chi connectivity index (χ1v) is 3.50. The molecule has 1 aromatic rings. The molecule has 6 heteroatoms. The monoisotopic (exact) mass is 198 g/mol. The number of H-pyrrole nitrogens is 1. The van der Waals surface area contributed by atoms with Gasteiger partial charge in [0.15, 0.2) is 6.29 Å². The fourth-order valence-corrected chi connectivity index (χ4v) is 0.929. The Morgan fingerprint density at radius 3 is 2.64 bits per heavy atom. The molecule has 14 heavy (non-hydrogen) atoms. The number of hydrogen-bond donors (Lipinski definition) is 1. The van der Waals surface area contributed by atoms with E-state index in [9.17, 15) is 18.4 Å². The number of aldehydes is 1. The van der Waals surface area contributed by atoms with Crippen molar-refractivity contribution in [1.29, 1.82) is 5.26 Å². The molecule has 0 spiro atoms. The molecule has 1 N–H and O–H groups in total. The Morgan fingerprint density at radius 1 is 1.57 bits per heavy atom. The third-order valence-electron chi connectivity index (χ3n) is 1.61. The van der Waals surface area contributed by atoms with Crippen LogP contribution in [0.2, 0.25) is 0 Å². The van der Waals surface area contributed by atoms with Gasteiger partial charge in [-0.15, -0.1) is 0 Å². The van der Waals surface area contributed by atoms with Gasteiger partial charge in [0.05, 0.1) is 11.1 Å². The topological polar surface area (TPSA) is 73.7 Å². The van der Waals surface area contributed by atoms with Crippen molar-refractivity contribution < 1.29 is 13.6 Å². The van der Waals surface area contributed by atoms with Crippen LogP contribution in [-0.2, 0) is 0 Å². The smallest absolute Gasteiger partial charge is 0.269 e. The maximum Gasteiger partial charge on any atom is 0.269 e. The fraction of sp³-hybridized carbons (Fsp3) is 0.125. The van der Waals surface area contributed by atoms with Gasteiger partial charge in [-0.05, 0) is 0 Å². The molecule has 1 aromatic heterocycles. The minimum atomic E-state index is -2.97. The van der Waals surface area contributed by atoms with Crippen LogP contribution in [-0.4, -0.2) is 11.3 Å². The molecule has 1 heterocycles. The summed E-state index contributed by atoms with van der Waals surface area (Å²) in [5.74, 6) is 0. The lowest BCUT2D eigenvalue weighted by Crippen LogP contribution is -2.17. The van der Waals surface area contributed by atoms with E-state index in [1.54, 1.807) is 0 Å². The van der Waals surface area contributed by atoms with Gasteiger partial charge in [0.1, 0.15) is 11.8 Å². The Bertz CT molecular complexity index is 459. The zero-order valence-corrected chi connectivity index (χ0v) is 6.75. The third-order valence-corrected chi connectivity index (χ3v) is 1.61. The predicted molar refractivity (Wildman–Crippen MR) is 42.1 cm³/mol. The molecule has 0 aliphatic carbocycles. The Morgan fingerprint density at radius 2 is 2.21 bits per heavy atom. The number of aromatic amines is 1. The standard InChI is InChI=1S/C8H4F2N2O2/c9-8(10)4-2-12-6(1-11)5(3-13)7(4)14/h2-3,8H,(H,12,14). The second kappa shape index (κ2) is 3.79. The second-order valence-electron chi connectivity index (χ2n) is 2.39. The van der Waals surface area contributed by atoms with Crippen molar-refractivity contribution in [3.63, 3.8) is 0 Å². The number of aromatic nitrogens is 1. The summed E-state index contributed by atoms with van der Waals surface area (Å²) in [4.78, 5) is 23.7. The predicted octanol–water partition coefficient (Wildman–Crippen LogP) is 0.997. The van der Waals surface area contributed by atoms with Gasteiger partial charge >= 0.3 is 0 Å². The minimum Gasteiger partial charge on any atom is -0.352 e. The van der Waals surface area contributed by atoms with Gasteiger partial charge < -0.3 is 4.98 Å². The van der Waals surface area contributed by atoms with E-state index in [1.165, 1.54) is 6.07 Å². The summed E-state index contributed by atoms with van der Waals surface area (Å²) >= 11 is 0. The number of halogens is 2. The SMILES string of the molecule is N#Cc1[nH]cc(C(F)F)c(=O)c1C=O. The first-order valence-electron chi connectivity index (χ1n) is 3.50. The van der Waals surface area contributed by atoms with Gasteiger partial charge in [0.2, 0.25) is 5.43 Å². The average Bonchev–Trinajstić information content (AvgIpc) is 2.16. The van der Waals surface area contributed by atoms with Gasteiger partial charge in [-0.1, -0.05) is 0 Å². The summed E-state index contributed by atoms with van der Waals surface area (Å²) in [7, 11) is 0. The van der Waals surface area contributed by atoms with Crippen molar-refractivity contribution >= 4 is 6.29 Å². The van der Waals surface area contributed by atoms with Crippen LogP contribution in [0.25, 0.3) is 0 Å². The number of nitrogens with one attached hydrogen (secondary N) is 1. The van der Waals surface area contributed by atoms with E-state index in [4.69, 9.17) is 5.26 Å². The molecule has 0 aliphatic heterocycles. The van der Waals surface area contributed by atoms with Crippen molar-refractivity contribution in [2.24, 2.45) is 0 Å². The van der Waals surface area contributed by atoms with Crippen LogP contribution in [0.15, 0.2) is 11.0 Å². The zero-order chi connectivity index (χ0) is 10.7. The summed E-state index contributed by atoms with van der Waals surface area (Å²) in [6.45, 7) is 0. The maximum atomic E-state index is 12.2. The van der Waals surface area contributed by atoms with Crippen LogP contribution in [0.5, 0.6) is 0 Å². The molecule has 0 aliphatic rings. The highest BCUT2D eigenvalue weighted by Crippen LogP contribution is 2.14.